The number of fused-ring (bicyclic) bond motifs is 1. The second kappa shape index (κ2) is 7.82. The Morgan fingerprint density at radius 2 is 1.82 bits per heavy atom. The van der Waals surface area contributed by atoms with Crippen molar-refractivity contribution in [2.24, 2.45) is 7.05 Å². The molecule has 8 heteroatoms. The number of anilines is 2. The second-order valence-electron chi connectivity index (χ2n) is 6.14. The van der Waals surface area contributed by atoms with E-state index in [2.05, 4.69) is 20.4 Å². The number of nitrogens with one attached hydrogen (secondary N) is 1. The lowest BCUT2D eigenvalue weighted by atomic mass is 10.2. The van der Waals surface area contributed by atoms with Crippen LogP contribution in [0.1, 0.15) is 5.69 Å². The number of aromatic nitrogens is 4. The van der Waals surface area contributed by atoms with Crippen LogP contribution < -0.4 is 10.1 Å². The number of aryl methyl sites for hydroxylation is 2. The number of ether oxygens (including phenoxy) is 1. The normalized spacial score (nSPS) is 10.6. The van der Waals surface area contributed by atoms with Gasteiger partial charge in [-0.25, -0.2) is 14.4 Å². The van der Waals surface area contributed by atoms with Crippen molar-refractivity contribution in [1.82, 2.24) is 19.7 Å². The highest BCUT2D eigenvalue weighted by Gasteiger charge is 2.16. The predicted octanol–water partition coefficient (Wildman–Crippen LogP) is 4.65. The van der Waals surface area contributed by atoms with Gasteiger partial charge < -0.3 is 10.1 Å². The van der Waals surface area contributed by atoms with Crippen LogP contribution in [0.2, 0.25) is 0 Å². The van der Waals surface area contributed by atoms with Crippen LogP contribution in [0.15, 0.2) is 48.5 Å². The number of methoxy groups -OCH3 is 1. The molecule has 0 saturated carbocycles. The van der Waals surface area contributed by atoms with E-state index in [1.165, 1.54) is 13.2 Å². The van der Waals surface area contributed by atoms with Crippen LogP contribution in [-0.4, -0.2) is 26.9 Å². The topological polar surface area (TPSA) is 64.9 Å². The Hall–Kier alpha value is -3.19. The fourth-order valence-electron chi connectivity index (χ4n) is 3.02. The molecule has 2 aromatic heterocycles. The molecule has 4 aromatic rings. The van der Waals surface area contributed by atoms with Crippen molar-refractivity contribution in [3.63, 3.8) is 0 Å². The van der Waals surface area contributed by atoms with Gasteiger partial charge in [-0.3, -0.25) is 4.68 Å². The van der Waals surface area contributed by atoms with Gasteiger partial charge in [-0.2, -0.15) is 5.10 Å². The Bertz CT molecular complexity index is 1130. The summed E-state index contributed by atoms with van der Waals surface area (Å²) in [5.41, 5.74) is 3.76. The fourth-order valence-corrected chi connectivity index (χ4v) is 3.02. The molecule has 28 heavy (non-hydrogen) atoms. The van der Waals surface area contributed by atoms with E-state index in [9.17, 15) is 4.39 Å². The predicted molar refractivity (Wildman–Crippen MR) is 110 cm³/mol. The molecule has 6 nitrogen and oxygen atoms in total. The van der Waals surface area contributed by atoms with Gasteiger partial charge in [0.15, 0.2) is 23.2 Å². The van der Waals surface area contributed by atoms with Gasteiger partial charge in [-0.05, 0) is 19.1 Å². The average molecular weight is 400 g/mol. The van der Waals surface area contributed by atoms with E-state index in [-0.39, 0.29) is 18.2 Å². The summed E-state index contributed by atoms with van der Waals surface area (Å²) in [5.74, 6) is 0.884. The summed E-state index contributed by atoms with van der Waals surface area (Å²) in [7, 11) is 3.27. The zero-order chi connectivity index (χ0) is 19.0. The summed E-state index contributed by atoms with van der Waals surface area (Å²) < 4.78 is 20.8. The number of rotatable bonds is 4. The van der Waals surface area contributed by atoms with Gasteiger partial charge in [0.2, 0.25) is 0 Å². The number of benzene rings is 2. The lowest BCUT2D eigenvalue weighted by Gasteiger charge is -2.11. The van der Waals surface area contributed by atoms with Crippen molar-refractivity contribution in [1.29, 1.82) is 0 Å². The largest absolute Gasteiger partial charge is 0.494 e. The minimum absolute atomic E-state index is 0. The molecule has 0 radical (unpaired) electrons. The van der Waals surface area contributed by atoms with Crippen LogP contribution in [0.4, 0.5) is 15.9 Å². The molecule has 0 bridgehead atoms. The highest BCUT2D eigenvalue weighted by atomic mass is 35.5. The molecule has 2 heterocycles. The van der Waals surface area contributed by atoms with Crippen molar-refractivity contribution in [3.05, 3.63) is 60.0 Å². The molecule has 0 atom stereocenters. The van der Waals surface area contributed by atoms with E-state index in [1.807, 2.05) is 44.3 Å². The Morgan fingerprint density at radius 1 is 1.07 bits per heavy atom. The van der Waals surface area contributed by atoms with Gasteiger partial charge in [0.05, 0.1) is 12.8 Å². The van der Waals surface area contributed by atoms with Crippen LogP contribution in [0.3, 0.4) is 0 Å². The minimum Gasteiger partial charge on any atom is -0.494 e. The summed E-state index contributed by atoms with van der Waals surface area (Å²) in [6.07, 6.45) is 0. The van der Waals surface area contributed by atoms with E-state index in [0.717, 1.165) is 22.3 Å². The number of halogens is 2. The molecular weight excluding hydrogens is 381 g/mol. The van der Waals surface area contributed by atoms with Gasteiger partial charge >= 0.3 is 0 Å². The SMILES string of the molecule is COc1ccc(Nc2nc(-c3ccccc3)nc3c(C)nn(C)c23)cc1F.Cl. The lowest BCUT2D eigenvalue weighted by Crippen LogP contribution is -2.02. The van der Waals surface area contributed by atoms with Crippen LogP contribution in [0.5, 0.6) is 5.75 Å². The van der Waals surface area contributed by atoms with Crippen molar-refractivity contribution < 1.29 is 9.13 Å². The Labute approximate surface area is 167 Å². The lowest BCUT2D eigenvalue weighted by molar-refractivity contribution is 0.386. The summed E-state index contributed by atoms with van der Waals surface area (Å²) >= 11 is 0. The molecule has 0 fully saturated rings. The van der Waals surface area contributed by atoms with Gasteiger partial charge in [-0.15, -0.1) is 12.4 Å². The van der Waals surface area contributed by atoms with Crippen LogP contribution in [0.25, 0.3) is 22.4 Å². The van der Waals surface area contributed by atoms with E-state index in [1.54, 1.807) is 16.8 Å². The first kappa shape index (κ1) is 19.6. The van der Waals surface area contributed by atoms with Crippen LogP contribution in [0, 0.1) is 12.7 Å². The third kappa shape index (κ3) is 3.48. The molecule has 0 saturated heterocycles. The average Bonchev–Trinajstić information content (AvgIpc) is 2.97. The van der Waals surface area contributed by atoms with Gasteiger partial charge in [-0.1, -0.05) is 30.3 Å². The number of hydrogen-bond donors (Lipinski definition) is 1. The molecule has 1 N–H and O–H groups in total. The maximum atomic E-state index is 14.1. The van der Waals surface area contributed by atoms with Gasteiger partial charge in [0.1, 0.15) is 11.0 Å². The maximum Gasteiger partial charge on any atom is 0.167 e. The zero-order valence-electron chi connectivity index (χ0n) is 15.6. The van der Waals surface area contributed by atoms with E-state index < -0.39 is 5.82 Å². The molecular formula is C20H19ClFN5O. The molecule has 0 unspecified atom stereocenters. The van der Waals surface area contributed by atoms with E-state index in [0.29, 0.717) is 17.3 Å². The second-order valence-corrected chi connectivity index (χ2v) is 6.14. The fraction of sp³-hybridized carbons (Fsp3) is 0.150. The molecule has 0 aliphatic rings. The van der Waals surface area contributed by atoms with Crippen molar-refractivity contribution >= 4 is 34.9 Å². The molecule has 0 spiro atoms. The monoisotopic (exact) mass is 399 g/mol. The van der Waals surface area contributed by atoms with Crippen molar-refractivity contribution in [2.75, 3.05) is 12.4 Å². The first-order chi connectivity index (χ1) is 13.1. The molecule has 0 amide bonds. The zero-order valence-corrected chi connectivity index (χ0v) is 16.4. The summed E-state index contributed by atoms with van der Waals surface area (Å²) in [4.78, 5) is 9.36. The first-order valence-corrected chi connectivity index (χ1v) is 8.44. The number of hydrogen-bond acceptors (Lipinski definition) is 5. The maximum absolute atomic E-state index is 14.1. The van der Waals surface area contributed by atoms with Crippen LogP contribution >= 0.6 is 12.4 Å². The molecule has 144 valence electrons. The van der Waals surface area contributed by atoms with Crippen molar-refractivity contribution in [3.8, 4) is 17.1 Å². The molecule has 4 rings (SSSR count). The first-order valence-electron chi connectivity index (χ1n) is 8.44. The highest BCUT2D eigenvalue weighted by molar-refractivity contribution is 5.91. The summed E-state index contributed by atoms with van der Waals surface area (Å²) in [6.45, 7) is 1.90. The third-order valence-corrected chi connectivity index (χ3v) is 4.30. The number of nitrogens with zero attached hydrogens (tertiary/aromatic N) is 4. The molecule has 2 aromatic carbocycles. The minimum atomic E-state index is -0.447. The highest BCUT2D eigenvalue weighted by Crippen LogP contribution is 2.30. The Kier molecular flexibility index (Phi) is 5.46. The van der Waals surface area contributed by atoms with Crippen LogP contribution in [-0.2, 0) is 7.05 Å². The quantitative estimate of drug-likeness (QED) is 0.541. The molecule has 0 aliphatic carbocycles. The Morgan fingerprint density at radius 3 is 2.50 bits per heavy atom. The van der Waals surface area contributed by atoms with Gasteiger partial charge in [0, 0.05) is 24.4 Å². The van der Waals surface area contributed by atoms with Crippen molar-refractivity contribution in [2.45, 2.75) is 6.92 Å². The van der Waals surface area contributed by atoms with Gasteiger partial charge in [0.25, 0.3) is 0 Å². The standard InChI is InChI=1S/C20H18FN5O.ClH/c1-12-17-18(26(2)25-12)20(22-14-9-10-16(27-3)15(21)11-14)24-19(23-17)13-7-5-4-6-8-13;/h4-11H,1-3H3,(H,22,23,24);1H. The summed E-state index contributed by atoms with van der Waals surface area (Å²) in [6, 6.07) is 14.4. The summed E-state index contributed by atoms with van der Waals surface area (Å²) in [5, 5.41) is 7.65. The smallest absolute Gasteiger partial charge is 0.167 e. The third-order valence-electron chi connectivity index (χ3n) is 4.30. The van der Waals surface area contributed by atoms with E-state index >= 15 is 0 Å². The van der Waals surface area contributed by atoms with E-state index in [4.69, 9.17) is 4.74 Å². The Balaban J connectivity index is 0.00000225. The molecule has 0 aliphatic heterocycles.